The summed E-state index contributed by atoms with van der Waals surface area (Å²) in [6, 6.07) is 8.98. The second-order valence-corrected chi connectivity index (χ2v) is 6.92. The highest BCUT2D eigenvalue weighted by atomic mass is 79.9. The summed E-state index contributed by atoms with van der Waals surface area (Å²) in [6.07, 6.45) is 0. The van der Waals surface area contributed by atoms with Crippen molar-refractivity contribution in [3.8, 4) is 0 Å². The molecule has 16 heavy (non-hydrogen) atoms. The Morgan fingerprint density at radius 3 is 2.56 bits per heavy atom. The maximum Gasteiger partial charge on any atom is 0.123 e. The quantitative estimate of drug-likeness (QED) is 0.623. The van der Waals surface area contributed by atoms with E-state index in [0.717, 1.165) is 14.9 Å². The van der Waals surface area contributed by atoms with Gasteiger partial charge in [-0.3, -0.25) is 0 Å². The van der Waals surface area contributed by atoms with Gasteiger partial charge in [0.1, 0.15) is 5.82 Å². The zero-order chi connectivity index (χ0) is 11.7. The topological polar surface area (TPSA) is 0 Å². The third-order valence-corrected chi connectivity index (χ3v) is 5.33. The van der Waals surface area contributed by atoms with Gasteiger partial charge in [-0.2, -0.15) is 0 Å². The van der Waals surface area contributed by atoms with E-state index in [0.29, 0.717) is 0 Å². The molecule has 4 heteroatoms. The number of alkyl halides is 1. The summed E-state index contributed by atoms with van der Waals surface area (Å²) < 4.78 is 14.1. The van der Waals surface area contributed by atoms with Crippen molar-refractivity contribution in [2.75, 3.05) is 0 Å². The molecule has 0 N–H and O–H groups in total. The van der Waals surface area contributed by atoms with Crippen LogP contribution in [0.4, 0.5) is 4.39 Å². The summed E-state index contributed by atoms with van der Waals surface area (Å²) in [7, 11) is 0. The van der Waals surface area contributed by atoms with Crippen molar-refractivity contribution in [3.63, 3.8) is 0 Å². The highest BCUT2D eigenvalue weighted by Crippen LogP contribution is 2.38. The van der Waals surface area contributed by atoms with Crippen LogP contribution in [-0.2, 0) is 0 Å². The monoisotopic (exact) mass is 362 g/mol. The largest absolute Gasteiger partial charge is 0.207 e. The minimum absolute atomic E-state index is 0.129. The number of benzene rings is 1. The third-order valence-electron chi connectivity index (χ3n) is 2.35. The molecule has 0 amide bonds. The summed E-state index contributed by atoms with van der Waals surface area (Å²) in [5.41, 5.74) is 2.07. The molecule has 0 aliphatic heterocycles. The van der Waals surface area contributed by atoms with E-state index >= 15 is 0 Å². The molecule has 0 spiro atoms. The Labute approximate surface area is 115 Å². The molecule has 1 atom stereocenters. The molecule has 1 unspecified atom stereocenters. The van der Waals surface area contributed by atoms with Crippen LogP contribution in [0.1, 0.15) is 20.8 Å². The van der Waals surface area contributed by atoms with Crippen LogP contribution in [0.25, 0.3) is 0 Å². The SMILES string of the molecule is Cc1cc(F)ccc1C(Br)c1ccc(Br)s1. The molecule has 0 saturated carbocycles. The van der Waals surface area contributed by atoms with Crippen LogP contribution < -0.4 is 0 Å². The van der Waals surface area contributed by atoms with Crippen molar-refractivity contribution < 1.29 is 4.39 Å². The maximum absolute atomic E-state index is 13.0. The van der Waals surface area contributed by atoms with Crippen LogP contribution in [0.3, 0.4) is 0 Å². The molecule has 84 valence electrons. The second-order valence-electron chi connectivity index (χ2n) is 3.51. The Balaban J connectivity index is 2.37. The smallest absolute Gasteiger partial charge is 0.123 e. The van der Waals surface area contributed by atoms with E-state index < -0.39 is 0 Å². The van der Waals surface area contributed by atoms with Gasteiger partial charge < -0.3 is 0 Å². The number of hydrogen-bond acceptors (Lipinski definition) is 1. The molecule has 0 aliphatic rings. The van der Waals surface area contributed by atoms with Gasteiger partial charge in [0.25, 0.3) is 0 Å². The first-order valence-corrected chi connectivity index (χ1v) is 7.26. The van der Waals surface area contributed by atoms with Crippen molar-refractivity contribution in [1.82, 2.24) is 0 Å². The van der Waals surface area contributed by atoms with E-state index in [4.69, 9.17) is 0 Å². The van der Waals surface area contributed by atoms with Gasteiger partial charge in [-0.25, -0.2) is 4.39 Å². The molecule has 0 nitrogen and oxygen atoms in total. The molecule has 0 bridgehead atoms. The zero-order valence-electron chi connectivity index (χ0n) is 8.51. The summed E-state index contributed by atoms with van der Waals surface area (Å²) in [5, 5.41) is 0. The molecule has 1 aromatic carbocycles. The number of aryl methyl sites for hydroxylation is 1. The number of halogens is 3. The van der Waals surface area contributed by atoms with Gasteiger partial charge in [-0.05, 0) is 58.2 Å². The van der Waals surface area contributed by atoms with E-state index in [1.54, 1.807) is 17.4 Å². The van der Waals surface area contributed by atoms with Gasteiger partial charge in [-0.15, -0.1) is 11.3 Å². The first kappa shape index (κ1) is 12.3. The van der Waals surface area contributed by atoms with Crippen LogP contribution in [-0.4, -0.2) is 0 Å². The van der Waals surface area contributed by atoms with Gasteiger partial charge in [0.05, 0.1) is 8.61 Å². The minimum Gasteiger partial charge on any atom is -0.207 e. The Hall–Kier alpha value is -0.190. The third kappa shape index (κ3) is 2.55. The van der Waals surface area contributed by atoms with E-state index in [9.17, 15) is 4.39 Å². The number of thiophene rings is 1. The van der Waals surface area contributed by atoms with Gasteiger partial charge in [0, 0.05) is 4.88 Å². The molecular weight excluding hydrogens is 355 g/mol. The normalized spacial score (nSPS) is 12.8. The van der Waals surface area contributed by atoms with Crippen molar-refractivity contribution in [2.24, 2.45) is 0 Å². The predicted molar refractivity (Wildman–Crippen MR) is 73.9 cm³/mol. The fourth-order valence-electron chi connectivity index (χ4n) is 1.54. The van der Waals surface area contributed by atoms with Crippen molar-refractivity contribution >= 4 is 43.2 Å². The van der Waals surface area contributed by atoms with Crippen LogP contribution in [0.15, 0.2) is 34.1 Å². The fourth-order valence-corrected chi connectivity index (χ4v) is 3.91. The van der Waals surface area contributed by atoms with E-state index in [1.165, 1.54) is 10.9 Å². The second kappa shape index (κ2) is 4.98. The lowest BCUT2D eigenvalue weighted by atomic mass is 10.0. The molecular formula is C12H9Br2FS. The van der Waals surface area contributed by atoms with Gasteiger partial charge in [0.2, 0.25) is 0 Å². The molecule has 0 saturated heterocycles. The first-order chi connectivity index (χ1) is 7.58. The van der Waals surface area contributed by atoms with Crippen LogP contribution in [0.2, 0.25) is 0 Å². The predicted octanol–water partition coefficient (Wildman–Crippen LogP) is 5.44. The lowest BCUT2D eigenvalue weighted by Crippen LogP contribution is -1.94. The molecule has 2 rings (SSSR count). The Morgan fingerprint density at radius 2 is 2.00 bits per heavy atom. The van der Waals surface area contributed by atoms with Crippen LogP contribution in [0.5, 0.6) is 0 Å². The van der Waals surface area contributed by atoms with Crippen molar-refractivity contribution in [2.45, 2.75) is 11.8 Å². The maximum atomic E-state index is 13.0. The Kier molecular flexibility index (Phi) is 3.82. The summed E-state index contributed by atoms with van der Waals surface area (Å²) in [4.78, 5) is 1.34. The number of hydrogen-bond donors (Lipinski definition) is 0. The molecule has 0 fully saturated rings. The Morgan fingerprint density at radius 1 is 1.25 bits per heavy atom. The fraction of sp³-hybridized carbons (Fsp3) is 0.167. The summed E-state index contributed by atoms with van der Waals surface area (Å²) in [6.45, 7) is 1.93. The van der Waals surface area contributed by atoms with Crippen molar-refractivity contribution in [1.29, 1.82) is 0 Å². The van der Waals surface area contributed by atoms with Gasteiger partial charge in [0.15, 0.2) is 0 Å². The van der Waals surface area contributed by atoms with E-state index in [1.807, 2.05) is 19.1 Å². The summed E-state index contributed by atoms with van der Waals surface area (Å²) >= 11 is 8.77. The zero-order valence-corrected chi connectivity index (χ0v) is 12.5. The van der Waals surface area contributed by atoms with Gasteiger partial charge >= 0.3 is 0 Å². The Bertz CT molecular complexity index is 507. The lowest BCUT2D eigenvalue weighted by molar-refractivity contribution is 0.626. The standard InChI is InChI=1S/C12H9Br2FS/c1-7-6-8(15)2-3-9(7)12(14)10-4-5-11(13)16-10/h2-6,12H,1H3. The van der Waals surface area contributed by atoms with Crippen LogP contribution >= 0.6 is 43.2 Å². The van der Waals surface area contributed by atoms with E-state index in [-0.39, 0.29) is 10.6 Å². The van der Waals surface area contributed by atoms with E-state index in [2.05, 4.69) is 37.9 Å². The van der Waals surface area contributed by atoms with Crippen LogP contribution in [0, 0.1) is 12.7 Å². The molecule has 1 heterocycles. The first-order valence-electron chi connectivity index (χ1n) is 4.73. The average Bonchev–Trinajstić information content (AvgIpc) is 2.64. The average molecular weight is 364 g/mol. The molecule has 0 aliphatic carbocycles. The molecule has 0 radical (unpaired) electrons. The lowest BCUT2D eigenvalue weighted by Gasteiger charge is -2.11. The van der Waals surface area contributed by atoms with Crippen molar-refractivity contribution in [3.05, 3.63) is 55.9 Å². The minimum atomic E-state index is -0.187. The highest BCUT2D eigenvalue weighted by molar-refractivity contribution is 9.11. The summed E-state index contributed by atoms with van der Waals surface area (Å²) in [5.74, 6) is -0.187. The molecule has 2 aromatic rings. The highest BCUT2D eigenvalue weighted by Gasteiger charge is 2.14. The molecule has 1 aromatic heterocycles. The number of rotatable bonds is 2. The van der Waals surface area contributed by atoms with Gasteiger partial charge in [-0.1, -0.05) is 22.0 Å².